The zero-order valence-electron chi connectivity index (χ0n) is 9.87. The smallest absolute Gasteiger partial charge is 0.180 e. The quantitative estimate of drug-likeness (QED) is 0.761. The summed E-state index contributed by atoms with van der Waals surface area (Å²) in [5.74, 6) is 0.735. The van der Waals surface area contributed by atoms with E-state index >= 15 is 0 Å². The third kappa shape index (κ3) is 1.84. The monoisotopic (exact) mass is 240 g/mol. The van der Waals surface area contributed by atoms with E-state index in [2.05, 4.69) is 19.9 Å². The minimum absolute atomic E-state index is 0.222. The number of benzene rings is 1. The molecule has 0 aliphatic heterocycles. The van der Waals surface area contributed by atoms with Crippen molar-refractivity contribution in [3.63, 3.8) is 0 Å². The Bertz CT molecular complexity index is 617. The van der Waals surface area contributed by atoms with Crippen LogP contribution in [0.3, 0.4) is 0 Å². The molecule has 1 N–H and O–H groups in total. The largest absolute Gasteiger partial charge is 0.369 e. The van der Waals surface area contributed by atoms with Crippen LogP contribution in [0.1, 0.15) is 17.5 Å². The first-order chi connectivity index (χ1) is 8.88. The lowest BCUT2D eigenvalue weighted by Crippen LogP contribution is -2.05. The highest BCUT2D eigenvalue weighted by Crippen LogP contribution is 2.23. The maximum absolute atomic E-state index is 5.51. The number of hydrogen-bond donors (Lipinski definition) is 1. The second-order valence-electron chi connectivity index (χ2n) is 3.91. The summed E-state index contributed by atoms with van der Waals surface area (Å²) in [4.78, 5) is 15.7. The highest BCUT2D eigenvalue weighted by Gasteiger charge is 2.17. The number of nitrogens with one attached hydrogen (secondary N) is 1. The number of fused-ring (bicyclic) bond motifs is 1. The lowest BCUT2D eigenvalue weighted by molar-refractivity contribution is 0.130. The van der Waals surface area contributed by atoms with Crippen LogP contribution in [-0.4, -0.2) is 27.0 Å². The molecular formula is C13H12N4O. The van der Waals surface area contributed by atoms with Crippen LogP contribution in [0.15, 0.2) is 42.9 Å². The summed E-state index contributed by atoms with van der Waals surface area (Å²) in [7, 11) is 1.66. The Kier molecular flexibility index (Phi) is 2.74. The second kappa shape index (κ2) is 4.54. The van der Waals surface area contributed by atoms with Crippen molar-refractivity contribution in [2.75, 3.05) is 7.11 Å². The van der Waals surface area contributed by atoms with Crippen molar-refractivity contribution < 1.29 is 4.74 Å². The topological polar surface area (TPSA) is 63.7 Å². The van der Waals surface area contributed by atoms with Gasteiger partial charge in [-0.15, -0.1) is 0 Å². The van der Waals surface area contributed by atoms with Gasteiger partial charge in [-0.05, 0) is 5.56 Å². The SMILES string of the molecule is COC(c1ccccc1)c1nc2ncncc2[nH]1. The van der Waals surface area contributed by atoms with Gasteiger partial charge in [-0.2, -0.15) is 0 Å². The van der Waals surface area contributed by atoms with Crippen molar-refractivity contribution in [2.45, 2.75) is 6.10 Å². The lowest BCUT2D eigenvalue weighted by atomic mass is 10.1. The van der Waals surface area contributed by atoms with E-state index in [0.717, 1.165) is 16.9 Å². The van der Waals surface area contributed by atoms with Gasteiger partial charge in [0.2, 0.25) is 0 Å². The van der Waals surface area contributed by atoms with Crippen LogP contribution in [0.25, 0.3) is 11.2 Å². The molecule has 0 aliphatic carbocycles. The number of H-pyrrole nitrogens is 1. The first-order valence-electron chi connectivity index (χ1n) is 5.62. The molecule has 0 aliphatic rings. The van der Waals surface area contributed by atoms with Gasteiger partial charge in [0, 0.05) is 7.11 Å². The fourth-order valence-corrected chi connectivity index (χ4v) is 1.94. The van der Waals surface area contributed by atoms with Gasteiger partial charge in [-0.3, -0.25) is 0 Å². The van der Waals surface area contributed by atoms with E-state index in [-0.39, 0.29) is 6.10 Å². The van der Waals surface area contributed by atoms with Crippen molar-refractivity contribution in [1.29, 1.82) is 0 Å². The molecule has 0 fully saturated rings. The third-order valence-electron chi connectivity index (χ3n) is 2.77. The molecule has 2 heterocycles. The Hall–Kier alpha value is -2.27. The van der Waals surface area contributed by atoms with E-state index in [0.29, 0.717) is 5.65 Å². The van der Waals surface area contributed by atoms with Gasteiger partial charge in [0.1, 0.15) is 23.8 Å². The van der Waals surface area contributed by atoms with Crippen LogP contribution in [0.5, 0.6) is 0 Å². The van der Waals surface area contributed by atoms with Crippen molar-refractivity contribution >= 4 is 11.2 Å². The van der Waals surface area contributed by atoms with Crippen molar-refractivity contribution in [3.8, 4) is 0 Å². The van der Waals surface area contributed by atoms with Crippen LogP contribution in [0.2, 0.25) is 0 Å². The van der Waals surface area contributed by atoms with Crippen molar-refractivity contribution in [3.05, 3.63) is 54.2 Å². The Morgan fingerprint density at radius 3 is 2.78 bits per heavy atom. The highest BCUT2D eigenvalue weighted by atomic mass is 16.5. The van der Waals surface area contributed by atoms with Crippen LogP contribution in [-0.2, 0) is 4.74 Å². The predicted molar refractivity (Wildman–Crippen MR) is 67.0 cm³/mol. The van der Waals surface area contributed by atoms with Crippen molar-refractivity contribution in [2.24, 2.45) is 0 Å². The molecule has 5 heteroatoms. The summed E-state index contributed by atoms with van der Waals surface area (Å²) < 4.78 is 5.51. The second-order valence-corrected chi connectivity index (χ2v) is 3.91. The fourth-order valence-electron chi connectivity index (χ4n) is 1.94. The maximum atomic E-state index is 5.51. The normalized spacial score (nSPS) is 12.7. The molecule has 3 rings (SSSR count). The van der Waals surface area contributed by atoms with E-state index in [1.165, 1.54) is 6.33 Å². The Morgan fingerprint density at radius 2 is 2.06 bits per heavy atom. The van der Waals surface area contributed by atoms with Crippen LogP contribution < -0.4 is 0 Å². The number of nitrogens with zero attached hydrogens (tertiary/aromatic N) is 3. The van der Waals surface area contributed by atoms with Crippen LogP contribution in [0.4, 0.5) is 0 Å². The van der Waals surface area contributed by atoms with E-state index in [1.807, 2.05) is 30.3 Å². The summed E-state index contributed by atoms with van der Waals surface area (Å²) in [6.07, 6.45) is 2.97. The Morgan fingerprint density at radius 1 is 1.22 bits per heavy atom. The van der Waals surface area contributed by atoms with E-state index in [9.17, 15) is 0 Å². The van der Waals surface area contributed by atoms with Gasteiger partial charge < -0.3 is 9.72 Å². The lowest BCUT2D eigenvalue weighted by Gasteiger charge is -2.12. The van der Waals surface area contributed by atoms with Gasteiger partial charge in [-0.25, -0.2) is 15.0 Å². The molecule has 3 aromatic rings. The van der Waals surface area contributed by atoms with Gasteiger partial charge in [-0.1, -0.05) is 30.3 Å². The van der Waals surface area contributed by atoms with Crippen LogP contribution in [0, 0.1) is 0 Å². The summed E-state index contributed by atoms with van der Waals surface area (Å²) in [6.45, 7) is 0. The minimum Gasteiger partial charge on any atom is -0.369 e. The number of imidazole rings is 1. The summed E-state index contributed by atoms with van der Waals surface area (Å²) >= 11 is 0. The highest BCUT2D eigenvalue weighted by molar-refractivity contribution is 5.68. The van der Waals surface area contributed by atoms with Gasteiger partial charge in [0.05, 0.1) is 6.20 Å². The number of methoxy groups -OCH3 is 1. The number of aromatic amines is 1. The van der Waals surface area contributed by atoms with Crippen LogP contribution >= 0.6 is 0 Å². The fraction of sp³-hybridized carbons (Fsp3) is 0.154. The van der Waals surface area contributed by atoms with E-state index in [4.69, 9.17) is 4.74 Å². The number of rotatable bonds is 3. The summed E-state index contributed by atoms with van der Waals surface area (Å²) in [5.41, 5.74) is 2.51. The molecule has 90 valence electrons. The molecule has 1 aromatic carbocycles. The molecule has 0 amide bonds. The standard InChI is InChI=1S/C13H12N4O/c1-18-11(9-5-3-2-4-6-9)13-16-10-7-14-8-15-12(10)17-13/h2-8,11H,1H3,(H,14,15,16,17). The molecule has 0 saturated carbocycles. The predicted octanol–water partition coefficient (Wildman–Crippen LogP) is 2.09. The molecule has 0 bridgehead atoms. The zero-order chi connectivity index (χ0) is 12.4. The molecule has 0 spiro atoms. The first-order valence-corrected chi connectivity index (χ1v) is 5.62. The average Bonchev–Trinajstić information content (AvgIpc) is 2.84. The average molecular weight is 240 g/mol. The van der Waals surface area contributed by atoms with Crippen molar-refractivity contribution in [1.82, 2.24) is 19.9 Å². The summed E-state index contributed by atoms with van der Waals surface area (Å²) in [6, 6.07) is 9.94. The molecule has 0 saturated heterocycles. The van der Waals surface area contributed by atoms with Gasteiger partial charge >= 0.3 is 0 Å². The zero-order valence-corrected chi connectivity index (χ0v) is 9.87. The molecule has 5 nitrogen and oxygen atoms in total. The van der Waals surface area contributed by atoms with Gasteiger partial charge in [0.25, 0.3) is 0 Å². The molecule has 2 aromatic heterocycles. The minimum atomic E-state index is -0.222. The maximum Gasteiger partial charge on any atom is 0.180 e. The van der Waals surface area contributed by atoms with Gasteiger partial charge in [0.15, 0.2) is 5.65 Å². The van der Waals surface area contributed by atoms with E-state index < -0.39 is 0 Å². The molecule has 18 heavy (non-hydrogen) atoms. The Balaban J connectivity index is 2.06. The molecular weight excluding hydrogens is 228 g/mol. The number of hydrogen-bond acceptors (Lipinski definition) is 4. The number of aromatic nitrogens is 4. The first kappa shape index (κ1) is 10.9. The third-order valence-corrected chi connectivity index (χ3v) is 2.77. The Labute approximate surface area is 104 Å². The number of ether oxygens (including phenoxy) is 1. The summed E-state index contributed by atoms with van der Waals surface area (Å²) in [5, 5.41) is 0. The molecule has 0 radical (unpaired) electrons. The molecule has 1 atom stereocenters. The van der Waals surface area contributed by atoms with E-state index in [1.54, 1.807) is 13.3 Å². The molecule has 1 unspecified atom stereocenters.